The number of nitrogens with one attached hydrogen (secondary N) is 2. The summed E-state index contributed by atoms with van der Waals surface area (Å²) in [6.07, 6.45) is 3.64. The molecule has 5 aromatic rings. The molecule has 2 aromatic heterocycles. The summed E-state index contributed by atoms with van der Waals surface area (Å²) in [7, 11) is -2.67. The topological polar surface area (TPSA) is 101 Å². The van der Waals surface area contributed by atoms with Crippen LogP contribution in [0.5, 0.6) is 5.75 Å². The van der Waals surface area contributed by atoms with E-state index in [2.05, 4.69) is 73.8 Å². The Hall–Kier alpha value is -4.48. The zero-order valence-electron chi connectivity index (χ0n) is 23.7. The number of rotatable bonds is 12. The van der Waals surface area contributed by atoms with Crippen LogP contribution >= 0.6 is 0 Å². The van der Waals surface area contributed by atoms with Crippen LogP contribution in [0.3, 0.4) is 0 Å². The average Bonchev–Trinajstić information content (AvgIpc) is 3.41. The minimum absolute atomic E-state index is 0.0293. The van der Waals surface area contributed by atoms with Crippen LogP contribution in [0.1, 0.15) is 13.8 Å². The van der Waals surface area contributed by atoms with Crippen molar-refractivity contribution in [3.63, 3.8) is 0 Å². The van der Waals surface area contributed by atoms with Crippen molar-refractivity contribution in [2.24, 2.45) is 0 Å². The molecule has 0 aliphatic rings. The number of aromatic nitrogens is 3. The molecule has 0 amide bonds. The van der Waals surface area contributed by atoms with Crippen molar-refractivity contribution in [3.05, 3.63) is 91.1 Å². The quantitative estimate of drug-likeness (QED) is 0.181. The van der Waals surface area contributed by atoms with Crippen LogP contribution < -0.4 is 14.8 Å². The zero-order valence-corrected chi connectivity index (χ0v) is 24.5. The van der Waals surface area contributed by atoms with E-state index in [4.69, 9.17) is 4.74 Å². The van der Waals surface area contributed by atoms with E-state index in [-0.39, 0.29) is 10.6 Å². The van der Waals surface area contributed by atoms with Gasteiger partial charge in [-0.2, -0.15) is 0 Å². The van der Waals surface area contributed by atoms with E-state index in [9.17, 15) is 12.8 Å². The van der Waals surface area contributed by atoms with Crippen LogP contribution in [0.15, 0.2) is 90.2 Å². The van der Waals surface area contributed by atoms with Gasteiger partial charge in [-0.05, 0) is 73.8 Å². The van der Waals surface area contributed by atoms with Crippen molar-refractivity contribution in [3.8, 4) is 17.0 Å². The van der Waals surface area contributed by atoms with E-state index < -0.39 is 15.8 Å². The Morgan fingerprint density at radius 1 is 0.929 bits per heavy atom. The zero-order chi connectivity index (χ0) is 29.7. The first-order valence-electron chi connectivity index (χ1n) is 13.7. The summed E-state index contributed by atoms with van der Waals surface area (Å²) in [6.45, 7) is 8.40. The second-order valence-electron chi connectivity index (χ2n) is 9.70. The Labute approximate surface area is 245 Å². The number of sulfonamides is 1. The Morgan fingerprint density at radius 3 is 2.40 bits per heavy atom. The highest BCUT2D eigenvalue weighted by atomic mass is 32.2. The number of nitrogens with zero attached hydrogens (tertiary/aromatic N) is 4. The van der Waals surface area contributed by atoms with Gasteiger partial charge in [-0.1, -0.05) is 19.9 Å². The SMILES string of the molecule is CCN(CC)CCn1ccc2cc(-c3cc(Nc4ccc(NS(=O)(=O)c5ccc(OC)c(F)c5)cc4)ncn3)ccc21. The highest BCUT2D eigenvalue weighted by molar-refractivity contribution is 7.92. The molecule has 0 unspecified atom stereocenters. The van der Waals surface area contributed by atoms with Crippen molar-refractivity contribution >= 4 is 38.1 Å². The molecular formula is C31H33FN6O3S. The van der Waals surface area contributed by atoms with Crippen molar-refractivity contribution < 1.29 is 17.5 Å². The van der Waals surface area contributed by atoms with Gasteiger partial charge in [-0.25, -0.2) is 22.8 Å². The Morgan fingerprint density at radius 2 is 1.69 bits per heavy atom. The number of ether oxygens (including phenoxy) is 1. The predicted molar refractivity (Wildman–Crippen MR) is 164 cm³/mol. The molecule has 0 aliphatic carbocycles. The first-order chi connectivity index (χ1) is 20.3. The van der Waals surface area contributed by atoms with Crippen molar-refractivity contribution in [1.82, 2.24) is 19.4 Å². The van der Waals surface area contributed by atoms with Crippen molar-refractivity contribution in [2.45, 2.75) is 25.3 Å². The molecule has 0 bridgehead atoms. The minimum atomic E-state index is -3.98. The normalized spacial score (nSPS) is 11.6. The standard InChI is InChI=1S/C31H33FN6O3S/c1-4-37(5-2)16-17-38-15-14-23-18-22(6-12-29(23)38)28-20-31(34-21-33-28)35-24-7-9-25(10-8-24)36-42(39,40)26-11-13-30(41-3)27(32)19-26/h6-15,18-21,36H,4-5,16-17H2,1-3H3,(H,33,34,35). The molecule has 42 heavy (non-hydrogen) atoms. The molecule has 0 fully saturated rings. The smallest absolute Gasteiger partial charge is 0.262 e. The molecule has 3 aromatic carbocycles. The molecule has 2 heterocycles. The number of fused-ring (bicyclic) bond motifs is 1. The fourth-order valence-corrected chi connectivity index (χ4v) is 5.79. The molecule has 0 radical (unpaired) electrons. The lowest BCUT2D eigenvalue weighted by molar-refractivity contribution is 0.292. The van der Waals surface area contributed by atoms with Gasteiger partial charge in [-0.3, -0.25) is 4.72 Å². The van der Waals surface area contributed by atoms with Gasteiger partial charge in [0.2, 0.25) is 0 Å². The van der Waals surface area contributed by atoms with Crippen LogP contribution in [0.25, 0.3) is 22.2 Å². The van der Waals surface area contributed by atoms with Crippen molar-refractivity contribution in [2.75, 3.05) is 36.8 Å². The van der Waals surface area contributed by atoms with Gasteiger partial charge in [0.05, 0.1) is 17.7 Å². The van der Waals surface area contributed by atoms with Crippen LogP contribution in [0, 0.1) is 5.82 Å². The highest BCUT2D eigenvalue weighted by Gasteiger charge is 2.17. The molecule has 0 spiro atoms. The molecular weight excluding hydrogens is 555 g/mol. The van der Waals surface area contributed by atoms with Crippen LogP contribution in [0.2, 0.25) is 0 Å². The molecule has 9 nitrogen and oxygen atoms in total. The third-order valence-corrected chi connectivity index (χ3v) is 8.51. The molecule has 0 aliphatic heterocycles. The maximum Gasteiger partial charge on any atom is 0.262 e. The lowest BCUT2D eigenvalue weighted by atomic mass is 10.1. The van der Waals surface area contributed by atoms with Gasteiger partial charge < -0.3 is 19.5 Å². The Bertz CT molecular complexity index is 1790. The fraction of sp³-hybridized carbons (Fsp3) is 0.226. The maximum absolute atomic E-state index is 14.0. The second-order valence-corrected chi connectivity index (χ2v) is 11.4. The lowest BCUT2D eigenvalue weighted by Crippen LogP contribution is -2.26. The summed E-state index contributed by atoms with van der Waals surface area (Å²) in [5.74, 6) is -0.189. The molecule has 11 heteroatoms. The lowest BCUT2D eigenvalue weighted by Gasteiger charge is -2.18. The first kappa shape index (κ1) is 29.0. The number of benzene rings is 3. The number of hydrogen-bond acceptors (Lipinski definition) is 7. The van der Waals surface area contributed by atoms with E-state index in [1.54, 1.807) is 24.3 Å². The summed E-state index contributed by atoms with van der Waals surface area (Å²) in [4.78, 5) is 11.0. The summed E-state index contributed by atoms with van der Waals surface area (Å²) in [5.41, 5.74) is 3.98. The monoisotopic (exact) mass is 588 g/mol. The first-order valence-corrected chi connectivity index (χ1v) is 15.1. The van der Waals surface area contributed by atoms with Crippen LogP contribution in [-0.2, 0) is 16.6 Å². The van der Waals surface area contributed by atoms with Gasteiger partial charge in [-0.15, -0.1) is 0 Å². The summed E-state index contributed by atoms with van der Waals surface area (Å²) >= 11 is 0. The van der Waals surface area contributed by atoms with Gasteiger partial charge in [0, 0.05) is 53.2 Å². The summed E-state index contributed by atoms with van der Waals surface area (Å²) in [6, 6.07) is 20.5. The van der Waals surface area contributed by atoms with E-state index in [0.29, 0.717) is 17.2 Å². The number of anilines is 3. The van der Waals surface area contributed by atoms with Gasteiger partial charge in [0.25, 0.3) is 10.0 Å². The number of methoxy groups -OCH3 is 1. The molecule has 218 valence electrons. The molecule has 0 saturated heterocycles. The molecule has 0 saturated carbocycles. The Balaban J connectivity index is 1.26. The summed E-state index contributed by atoms with van der Waals surface area (Å²) < 4.78 is 49.1. The summed E-state index contributed by atoms with van der Waals surface area (Å²) in [5, 5.41) is 4.38. The van der Waals surface area contributed by atoms with Gasteiger partial charge in [0.15, 0.2) is 11.6 Å². The van der Waals surface area contributed by atoms with E-state index in [1.165, 1.54) is 31.1 Å². The average molecular weight is 589 g/mol. The third-order valence-electron chi connectivity index (χ3n) is 7.13. The van der Waals surface area contributed by atoms with E-state index in [0.717, 1.165) is 48.9 Å². The fourth-order valence-electron chi connectivity index (χ4n) is 4.72. The molecule has 5 rings (SSSR count). The predicted octanol–water partition coefficient (Wildman–Crippen LogP) is 6.13. The highest BCUT2D eigenvalue weighted by Crippen LogP contribution is 2.27. The van der Waals surface area contributed by atoms with E-state index >= 15 is 0 Å². The number of halogens is 1. The maximum atomic E-state index is 14.0. The second kappa shape index (κ2) is 12.6. The molecule has 0 atom stereocenters. The number of likely N-dealkylation sites (N-methyl/N-ethyl adjacent to an activating group) is 1. The molecule has 2 N–H and O–H groups in total. The van der Waals surface area contributed by atoms with Gasteiger partial charge in [0.1, 0.15) is 12.1 Å². The van der Waals surface area contributed by atoms with Gasteiger partial charge >= 0.3 is 0 Å². The number of hydrogen-bond donors (Lipinski definition) is 2. The largest absolute Gasteiger partial charge is 0.494 e. The van der Waals surface area contributed by atoms with Crippen molar-refractivity contribution in [1.29, 1.82) is 0 Å². The van der Waals surface area contributed by atoms with E-state index in [1.807, 2.05) is 6.07 Å². The Kier molecular flexibility index (Phi) is 8.69. The van der Waals surface area contributed by atoms with Crippen LogP contribution in [-0.4, -0.2) is 54.6 Å². The van der Waals surface area contributed by atoms with Crippen LogP contribution in [0.4, 0.5) is 21.6 Å². The third kappa shape index (κ3) is 6.53. The minimum Gasteiger partial charge on any atom is -0.494 e.